The summed E-state index contributed by atoms with van der Waals surface area (Å²) in [6.07, 6.45) is 3.07. The lowest BCUT2D eigenvalue weighted by Crippen LogP contribution is -2.12. The van der Waals surface area contributed by atoms with Crippen LogP contribution in [-0.2, 0) is 0 Å². The van der Waals surface area contributed by atoms with Crippen molar-refractivity contribution in [2.75, 3.05) is 5.32 Å². The van der Waals surface area contributed by atoms with Crippen molar-refractivity contribution in [2.24, 2.45) is 0 Å². The zero-order valence-corrected chi connectivity index (χ0v) is 11.7. The molecular weight excluding hydrogens is 288 g/mol. The maximum atomic E-state index is 12.0. The van der Waals surface area contributed by atoms with Gasteiger partial charge in [0.05, 0.1) is 11.8 Å². The fraction of sp³-hybridized carbons (Fsp3) is 0. The monoisotopic (exact) mass is 298 g/mol. The molecule has 4 nitrogen and oxygen atoms in total. The van der Waals surface area contributed by atoms with E-state index in [-0.39, 0.29) is 16.7 Å². The molecule has 0 aliphatic rings. The van der Waals surface area contributed by atoms with Crippen LogP contribution in [0.15, 0.2) is 65.4 Å². The minimum Gasteiger partial charge on any atom is -0.452 e. The number of carbonyl (C=O) groups excluding carboxylic acids is 1. The Morgan fingerprint density at radius 2 is 1.86 bits per heavy atom. The van der Waals surface area contributed by atoms with E-state index in [0.29, 0.717) is 5.82 Å². The molecule has 0 saturated heterocycles. The molecule has 1 N–H and O–H groups in total. The van der Waals surface area contributed by atoms with Gasteiger partial charge in [0.2, 0.25) is 5.22 Å². The van der Waals surface area contributed by atoms with Crippen molar-refractivity contribution < 1.29 is 9.21 Å². The van der Waals surface area contributed by atoms with Gasteiger partial charge in [0.25, 0.3) is 5.91 Å². The highest BCUT2D eigenvalue weighted by Gasteiger charge is 2.13. The minimum absolute atomic E-state index is 0.0633. The van der Waals surface area contributed by atoms with E-state index in [2.05, 4.69) is 10.3 Å². The zero-order valence-electron chi connectivity index (χ0n) is 10.9. The summed E-state index contributed by atoms with van der Waals surface area (Å²) in [7, 11) is 0. The smallest absolute Gasteiger partial charge is 0.261 e. The zero-order chi connectivity index (χ0) is 14.7. The molecule has 3 rings (SSSR count). The molecule has 0 spiro atoms. The number of nitrogens with one attached hydrogen (secondary N) is 1. The Morgan fingerprint density at radius 3 is 2.48 bits per heavy atom. The predicted octanol–water partition coefficient (Wildman–Crippen LogP) is 4.25. The van der Waals surface area contributed by atoms with Gasteiger partial charge in [-0.3, -0.25) is 4.79 Å². The molecule has 104 valence electrons. The summed E-state index contributed by atoms with van der Waals surface area (Å²) in [5, 5.41) is 2.73. The van der Waals surface area contributed by atoms with Gasteiger partial charge in [-0.15, -0.1) is 0 Å². The number of amides is 1. The van der Waals surface area contributed by atoms with E-state index < -0.39 is 0 Å². The molecule has 0 unspecified atom stereocenters. The van der Waals surface area contributed by atoms with Gasteiger partial charge in [0.1, 0.15) is 5.82 Å². The van der Waals surface area contributed by atoms with E-state index >= 15 is 0 Å². The Hall–Kier alpha value is -2.59. The molecule has 2 heterocycles. The van der Waals surface area contributed by atoms with Gasteiger partial charge in [0, 0.05) is 11.8 Å². The van der Waals surface area contributed by atoms with Gasteiger partial charge in [-0.05, 0) is 35.4 Å². The fourth-order valence-electron chi connectivity index (χ4n) is 1.91. The van der Waals surface area contributed by atoms with Crippen LogP contribution in [0.3, 0.4) is 0 Å². The lowest BCUT2D eigenvalue weighted by molar-refractivity contribution is 0.102. The molecule has 0 aliphatic carbocycles. The van der Waals surface area contributed by atoms with Crippen LogP contribution in [0.4, 0.5) is 5.82 Å². The Morgan fingerprint density at radius 1 is 1.05 bits per heavy atom. The van der Waals surface area contributed by atoms with Crippen molar-refractivity contribution in [1.29, 1.82) is 0 Å². The lowest BCUT2D eigenvalue weighted by atomic mass is 10.1. The molecule has 0 fully saturated rings. The molecule has 5 heteroatoms. The topological polar surface area (TPSA) is 55.1 Å². The molecule has 0 radical (unpaired) electrons. The number of nitrogens with zero attached hydrogens (tertiary/aromatic N) is 1. The van der Waals surface area contributed by atoms with E-state index in [0.717, 1.165) is 11.1 Å². The summed E-state index contributed by atoms with van der Waals surface area (Å²) in [4.78, 5) is 16.2. The van der Waals surface area contributed by atoms with Crippen LogP contribution < -0.4 is 5.32 Å². The van der Waals surface area contributed by atoms with E-state index in [1.165, 1.54) is 12.3 Å². The molecule has 3 aromatic rings. The van der Waals surface area contributed by atoms with Crippen molar-refractivity contribution >= 4 is 23.3 Å². The number of hydrogen-bond donors (Lipinski definition) is 1. The van der Waals surface area contributed by atoms with Crippen LogP contribution >= 0.6 is 11.6 Å². The van der Waals surface area contributed by atoms with Gasteiger partial charge in [-0.25, -0.2) is 4.98 Å². The summed E-state index contributed by atoms with van der Waals surface area (Å²) < 4.78 is 4.88. The Balaban J connectivity index is 1.76. The predicted molar refractivity (Wildman–Crippen MR) is 81.3 cm³/mol. The molecule has 0 bridgehead atoms. The van der Waals surface area contributed by atoms with Crippen LogP contribution in [0.2, 0.25) is 5.22 Å². The molecule has 1 aromatic carbocycles. The third-order valence-corrected chi connectivity index (χ3v) is 3.27. The minimum atomic E-state index is -0.353. The first-order chi connectivity index (χ1) is 10.2. The molecule has 0 atom stereocenters. The maximum Gasteiger partial charge on any atom is 0.261 e. The van der Waals surface area contributed by atoms with Crippen LogP contribution in [-0.4, -0.2) is 10.9 Å². The number of furan rings is 1. The van der Waals surface area contributed by atoms with Crippen molar-refractivity contribution in [3.8, 4) is 11.1 Å². The van der Waals surface area contributed by atoms with Crippen LogP contribution in [0.25, 0.3) is 11.1 Å². The van der Waals surface area contributed by atoms with E-state index in [9.17, 15) is 4.79 Å². The van der Waals surface area contributed by atoms with Crippen LogP contribution in [0.1, 0.15) is 10.4 Å². The van der Waals surface area contributed by atoms with Gasteiger partial charge in [0.15, 0.2) is 0 Å². The summed E-state index contributed by atoms with van der Waals surface area (Å²) in [6, 6.07) is 15.0. The molecule has 2 aromatic heterocycles. The summed E-state index contributed by atoms with van der Waals surface area (Å²) in [5.74, 6) is 0.102. The molecule has 0 aliphatic heterocycles. The Kier molecular flexibility index (Phi) is 3.71. The summed E-state index contributed by atoms with van der Waals surface area (Å²) in [6.45, 7) is 0. The second kappa shape index (κ2) is 5.81. The van der Waals surface area contributed by atoms with Gasteiger partial charge in [-0.2, -0.15) is 0 Å². The van der Waals surface area contributed by atoms with E-state index in [4.69, 9.17) is 16.0 Å². The van der Waals surface area contributed by atoms with Crippen LogP contribution in [0, 0.1) is 0 Å². The van der Waals surface area contributed by atoms with Crippen molar-refractivity contribution in [3.63, 3.8) is 0 Å². The second-order valence-corrected chi connectivity index (χ2v) is 4.70. The number of anilines is 1. The molecule has 0 saturated carbocycles. The Labute approximate surface area is 126 Å². The summed E-state index contributed by atoms with van der Waals surface area (Å²) >= 11 is 5.76. The molecule has 21 heavy (non-hydrogen) atoms. The third-order valence-electron chi connectivity index (χ3n) is 2.97. The number of halogens is 1. The standard InChI is InChI=1S/C16H11ClN2O2/c17-15-13(8-9-21-15)16(20)19-14-7-6-12(10-18-14)11-4-2-1-3-5-11/h1-10H,(H,18,19,20). The first-order valence-corrected chi connectivity index (χ1v) is 6.67. The lowest BCUT2D eigenvalue weighted by Gasteiger charge is -2.05. The fourth-order valence-corrected chi connectivity index (χ4v) is 2.11. The second-order valence-electron chi connectivity index (χ2n) is 4.36. The third kappa shape index (κ3) is 2.95. The quantitative estimate of drug-likeness (QED) is 0.786. The average Bonchev–Trinajstić information content (AvgIpc) is 2.95. The number of aromatic nitrogens is 1. The van der Waals surface area contributed by atoms with E-state index in [1.807, 2.05) is 36.4 Å². The van der Waals surface area contributed by atoms with Crippen LogP contribution in [0.5, 0.6) is 0 Å². The van der Waals surface area contributed by atoms with Crippen molar-refractivity contribution in [3.05, 3.63) is 71.8 Å². The van der Waals surface area contributed by atoms with Gasteiger partial charge in [-0.1, -0.05) is 30.3 Å². The van der Waals surface area contributed by atoms with Gasteiger partial charge >= 0.3 is 0 Å². The number of pyridine rings is 1. The first-order valence-electron chi connectivity index (χ1n) is 6.30. The number of rotatable bonds is 3. The molecule has 1 amide bonds. The largest absolute Gasteiger partial charge is 0.452 e. The highest BCUT2D eigenvalue weighted by Crippen LogP contribution is 2.20. The highest BCUT2D eigenvalue weighted by atomic mass is 35.5. The Bertz CT molecular complexity index is 751. The van der Waals surface area contributed by atoms with E-state index in [1.54, 1.807) is 12.3 Å². The van der Waals surface area contributed by atoms with Crippen molar-refractivity contribution in [1.82, 2.24) is 4.98 Å². The highest BCUT2D eigenvalue weighted by molar-refractivity contribution is 6.32. The van der Waals surface area contributed by atoms with Crippen molar-refractivity contribution in [2.45, 2.75) is 0 Å². The maximum absolute atomic E-state index is 12.0. The SMILES string of the molecule is O=C(Nc1ccc(-c2ccccc2)cn1)c1ccoc1Cl. The summed E-state index contributed by atoms with van der Waals surface area (Å²) in [5.41, 5.74) is 2.33. The number of benzene rings is 1. The van der Waals surface area contributed by atoms with Gasteiger partial charge < -0.3 is 9.73 Å². The molecular formula is C16H11ClN2O2. The normalized spacial score (nSPS) is 10.3. The average molecular weight is 299 g/mol. The first kappa shape index (κ1) is 13.4. The number of carbonyl (C=O) groups is 1. The number of hydrogen-bond acceptors (Lipinski definition) is 3.